The maximum atomic E-state index is 2.55. The van der Waals surface area contributed by atoms with Gasteiger partial charge in [-0.05, 0) is 0 Å². The summed E-state index contributed by atoms with van der Waals surface area (Å²) in [5.41, 5.74) is 14.1. The quantitative estimate of drug-likeness (QED) is 0.530. The van der Waals surface area contributed by atoms with Crippen LogP contribution < -0.4 is 24.8 Å². The third-order valence-corrected chi connectivity index (χ3v) is 10.4. The second-order valence-electron chi connectivity index (χ2n) is 11.6. The van der Waals surface area contributed by atoms with E-state index in [1.807, 2.05) is 0 Å². The van der Waals surface area contributed by atoms with Crippen LogP contribution in [-0.2, 0) is 33.6 Å². The third kappa shape index (κ3) is 5.27. The van der Waals surface area contributed by atoms with E-state index in [1.54, 1.807) is 25.5 Å². The van der Waals surface area contributed by atoms with E-state index in [2.05, 4.69) is 105 Å². The molecule has 0 fully saturated rings. The normalized spacial score (nSPS) is 16.6. The van der Waals surface area contributed by atoms with Crippen molar-refractivity contribution in [2.75, 3.05) is 0 Å². The molecule has 175 valence electrons. The van der Waals surface area contributed by atoms with Crippen LogP contribution in [0.4, 0.5) is 0 Å². The van der Waals surface area contributed by atoms with Gasteiger partial charge in [-0.2, -0.15) is 0 Å². The number of benzene rings is 2. The van der Waals surface area contributed by atoms with Crippen molar-refractivity contribution >= 4 is 8.78 Å². The molecule has 0 amide bonds. The van der Waals surface area contributed by atoms with Crippen molar-refractivity contribution in [2.45, 2.75) is 83.2 Å². The maximum absolute atomic E-state index is 2.55. The van der Waals surface area contributed by atoms with Crippen LogP contribution in [-0.4, -0.2) is 3.21 Å². The van der Waals surface area contributed by atoms with Crippen LogP contribution in [0.25, 0.3) is 16.7 Å². The Morgan fingerprint density at radius 1 is 0.879 bits per heavy atom. The van der Waals surface area contributed by atoms with Crippen molar-refractivity contribution in [3.05, 3.63) is 75.9 Å². The predicted octanol–water partition coefficient (Wildman–Crippen LogP) is 2.39. The molecular formula is C30H37Cl2Zr. The monoisotopic (exact) mass is 557 g/mol. The topological polar surface area (TPSA) is 0 Å². The van der Waals surface area contributed by atoms with E-state index in [1.165, 1.54) is 27.8 Å². The molecule has 0 heterocycles. The minimum absolute atomic E-state index is 0. The number of allylic oxidation sites excluding steroid dienone is 4. The molecule has 0 nitrogen and oxygen atoms in total. The summed E-state index contributed by atoms with van der Waals surface area (Å²) in [4.78, 5) is 0. The van der Waals surface area contributed by atoms with E-state index in [0.717, 1.165) is 6.42 Å². The van der Waals surface area contributed by atoms with E-state index in [4.69, 9.17) is 0 Å². The van der Waals surface area contributed by atoms with Crippen molar-refractivity contribution in [1.29, 1.82) is 0 Å². The van der Waals surface area contributed by atoms with Crippen molar-refractivity contribution in [3.63, 3.8) is 0 Å². The van der Waals surface area contributed by atoms with Crippen molar-refractivity contribution in [3.8, 4) is 11.1 Å². The van der Waals surface area contributed by atoms with Crippen LogP contribution in [0.2, 0.25) is 0 Å². The summed E-state index contributed by atoms with van der Waals surface area (Å²) >= 11 is -0.747. The Morgan fingerprint density at radius 2 is 1.52 bits per heavy atom. The zero-order chi connectivity index (χ0) is 22.7. The summed E-state index contributed by atoms with van der Waals surface area (Å²) in [5, 5.41) is 0. The summed E-state index contributed by atoms with van der Waals surface area (Å²) in [5.74, 6) is 0. The molecule has 0 radical (unpaired) electrons. The van der Waals surface area contributed by atoms with Gasteiger partial charge in [0.15, 0.2) is 0 Å². The molecule has 4 rings (SSSR count). The molecule has 1 unspecified atom stereocenters. The molecule has 0 saturated heterocycles. The van der Waals surface area contributed by atoms with Crippen molar-refractivity contribution in [2.24, 2.45) is 0 Å². The summed E-state index contributed by atoms with van der Waals surface area (Å²) in [7, 11) is 0. The SMILES string of the molecule is C[C](C)=[Zr+2][CH]1c2cc(C(C)(C)C)ccc2-c2ccc(C(C)(C)C)c(C3=C(C)C=CC3)c21.[Cl-].[Cl-]. The van der Waals surface area contributed by atoms with Crippen molar-refractivity contribution in [1.82, 2.24) is 0 Å². The number of hydrogen-bond acceptors (Lipinski definition) is 0. The summed E-state index contributed by atoms with van der Waals surface area (Å²) in [6, 6.07) is 12.2. The fourth-order valence-corrected chi connectivity index (χ4v) is 8.61. The van der Waals surface area contributed by atoms with Crippen molar-refractivity contribution < 1.29 is 47.6 Å². The molecule has 2 aromatic carbocycles. The van der Waals surface area contributed by atoms with Crippen LogP contribution >= 0.6 is 0 Å². The van der Waals surface area contributed by atoms with Gasteiger partial charge in [0.1, 0.15) is 0 Å². The Labute approximate surface area is 225 Å². The van der Waals surface area contributed by atoms with E-state index < -0.39 is 22.8 Å². The van der Waals surface area contributed by atoms with Crippen LogP contribution in [0.3, 0.4) is 0 Å². The van der Waals surface area contributed by atoms with Crippen LogP contribution in [0.1, 0.15) is 100 Å². The van der Waals surface area contributed by atoms with Crippen LogP contribution in [0.5, 0.6) is 0 Å². The first-order valence-corrected chi connectivity index (χ1v) is 14.3. The Kier molecular flexibility index (Phi) is 8.71. The second-order valence-corrected chi connectivity index (χ2v) is 16.2. The molecule has 0 N–H and O–H groups in total. The average molecular weight is 560 g/mol. The van der Waals surface area contributed by atoms with Gasteiger partial charge in [0.2, 0.25) is 0 Å². The molecule has 0 aliphatic heterocycles. The molecule has 2 aliphatic carbocycles. The molecule has 1 atom stereocenters. The smallest absolute Gasteiger partial charge is 1.00 e. The molecule has 2 aromatic rings. The van der Waals surface area contributed by atoms with Gasteiger partial charge in [0, 0.05) is 0 Å². The number of fused-ring (bicyclic) bond motifs is 3. The summed E-state index contributed by atoms with van der Waals surface area (Å²) in [6.45, 7) is 21.2. The molecule has 0 saturated carbocycles. The van der Waals surface area contributed by atoms with E-state index in [9.17, 15) is 0 Å². The van der Waals surface area contributed by atoms with Gasteiger partial charge >= 0.3 is 202 Å². The minimum Gasteiger partial charge on any atom is -1.00 e. The molecule has 33 heavy (non-hydrogen) atoms. The Bertz CT molecular complexity index is 1150. The van der Waals surface area contributed by atoms with Gasteiger partial charge in [-0.3, -0.25) is 0 Å². The fraction of sp³-hybridized carbons (Fsp3) is 0.433. The zero-order valence-electron chi connectivity index (χ0n) is 21.6. The van der Waals surface area contributed by atoms with Gasteiger partial charge < -0.3 is 24.8 Å². The van der Waals surface area contributed by atoms with Gasteiger partial charge in [0.25, 0.3) is 0 Å². The Morgan fingerprint density at radius 3 is 2.03 bits per heavy atom. The van der Waals surface area contributed by atoms with E-state index >= 15 is 0 Å². The van der Waals surface area contributed by atoms with E-state index in [0.29, 0.717) is 3.63 Å². The standard InChI is InChI=1S/C27H31.C3H6.2ClH.Zr/c1-17-9-8-10-20(17)25-23-16-18-15-19(26(2,3)4)11-12-21(18)22(23)13-14-24(25)27(5,6)7;1-3-2;;;/h8-9,11-16H,10H2,1-7H3;1-2H3;2*1H;/q;;;;+2/p-2. The molecule has 0 spiro atoms. The van der Waals surface area contributed by atoms with Gasteiger partial charge in [0.05, 0.1) is 0 Å². The summed E-state index contributed by atoms with van der Waals surface area (Å²) < 4.78 is 2.29. The first-order valence-electron chi connectivity index (χ1n) is 11.6. The molecule has 3 heteroatoms. The Hall–Kier alpha value is -0.747. The predicted molar refractivity (Wildman–Crippen MR) is 134 cm³/mol. The largest absolute Gasteiger partial charge is 1.00 e. The Balaban J connectivity index is 0.00000193. The summed E-state index contributed by atoms with van der Waals surface area (Å²) in [6.07, 6.45) is 5.75. The molecule has 0 aromatic heterocycles. The first kappa shape index (κ1) is 28.5. The van der Waals surface area contributed by atoms with Gasteiger partial charge in [-0.1, -0.05) is 0 Å². The molecule has 0 bridgehead atoms. The second kappa shape index (κ2) is 10.1. The zero-order valence-corrected chi connectivity index (χ0v) is 25.6. The average Bonchev–Trinajstić information content (AvgIpc) is 3.21. The van der Waals surface area contributed by atoms with Crippen LogP contribution in [0, 0.1) is 0 Å². The molecule has 2 aliphatic rings. The van der Waals surface area contributed by atoms with Gasteiger partial charge in [-0.25, -0.2) is 0 Å². The van der Waals surface area contributed by atoms with Crippen LogP contribution in [0.15, 0.2) is 48.1 Å². The third-order valence-electron chi connectivity index (χ3n) is 6.76. The fourth-order valence-electron chi connectivity index (χ4n) is 5.13. The number of rotatable bonds is 2. The first-order chi connectivity index (χ1) is 14.4. The van der Waals surface area contributed by atoms with E-state index in [-0.39, 0.29) is 35.6 Å². The number of hydrogen-bond donors (Lipinski definition) is 0. The number of halogens is 2. The maximum Gasteiger partial charge on any atom is -1.00 e. The molecular weight excluding hydrogens is 522 g/mol. The minimum atomic E-state index is -0.747. The van der Waals surface area contributed by atoms with Gasteiger partial charge in [-0.15, -0.1) is 0 Å².